The Bertz CT molecular complexity index is 1120. The molecule has 0 aliphatic carbocycles. The highest BCUT2D eigenvalue weighted by Crippen LogP contribution is 2.23. The van der Waals surface area contributed by atoms with Gasteiger partial charge in [-0.05, 0) is 42.9 Å². The summed E-state index contributed by atoms with van der Waals surface area (Å²) in [6.45, 7) is 9.95. The number of aliphatic carboxylic acids is 2. The molecular formula is C36H67N7O9. The molecule has 16 nitrogen and oxygen atoms in total. The maximum absolute atomic E-state index is 13.0. The summed E-state index contributed by atoms with van der Waals surface area (Å²) in [6, 6.07) is -4.43. The number of rotatable bonds is 30. The van der Waals surface area contributed by atoms with E-state index in [2.05, 4.69) is 55.9 Å². The average molecular weight is 742 g/mol. The predicted octanol–water partition coefficient (Wildman–Crippen LogP) is 2.23. The van der Waals surface area contributed by atoms with Crippen LogP contribution in [-0.2, 0) is 28.8 Å². The number of nitrogens with one attached hydrogen (secondary N) is 6. The third kappa shape index (κ3) is 25.1. The fraction of sp³-hybridized carbons (Fsp3) is 0.806. The lowest BCUT2D eigenvalue weighted by Crippen LogP contribution is -2.55. The summed E-state index contributed by atoms with van der Waals surface area (Å²) in [6.07, 6.45) is 11.4. The van der Waals surface area contributed by atoms with Crippen LogP contribution in [0.15, 0.2) is 0 Å². The third-order valence-corrected chi connectivity index (χ3v) is 9.02. The fourth-order valence-corrected chi connectivity index (χ4v) is 5.76. The van der Waals surface area contributed by atoms with Crippen LogP contribution in [0, 0.1) is 29.1 Å². The molecule has 0 aliphatic heterocycles. The van der Waals surface area contributed by atoms with Gasteiger partial charge < -0.3 is 47.6 Å². The lowest BCUT2D eigenvalue weighted by Gasteiger charge is -2.21. The molecule has 52 heavy (non-hydrogen) atoms. The van der Waals surface area contributed by atoms with Crippen LogP contribution >= 0.6 is 0 Å². The van der Waals surface area contributed by atoms with E-state index < -0.39 is 67.4 Å². The van der Waals surface area contributed by atoms with Crippen molar-refractivity contribution in [2.45, 2.75) is 143 Å². The molecule has 4 amide bonds. The molecule has 0 fully saturated rings. The number of hydrogen-bond donors (Lipinski definition) is 10. The Morgan fingerprint density at radius 3 is 1.62 bits per heavy atom. The van der Waals surface area contributed by atoms with Crippen molar-refractivity contribution in [3.05, 3.63) is 0 Å². The second-order valence-corrected chi connectivity index (χ2v) is 14.7. The van der Waals surface area contributed by atoms with E-state index in [0.717, 1.165) is 31.1 Å². The standard InChI is InChI=1S/C36H67N7O9/c1-23(2)10-6-11-24(3)12-7-13-25(4)14-8-15-26(5)17-18-30(45)41-27(16-9-19-39-36(37)38)33(49)40-21-31(46)42-28(20-32(47)48)34(50)43-29(22-44)35(51)52/h23-29,44H,6-22H2,1-5H3,(H,40,49)(H,41,45)(H,42,46)(H,43,50)(H,47,48)(H,51,52)(H4,37,38,39). The molecule has 0 aromatic rings. The van der Waals surface area contributed by atoms with Gasteiger partial charge in [0.05, 0.1) is 19.6 Å². The molecule has 0 radical (unpaired) electrons. The van der Waals surface area contributed by atoms with Crippen molar-refractivity contribution in [3.63, 3.8) is 0 Å². The largest absolute Gasteiger partial charge is 0.481 e. The van der Waals surface area contributed by atoms with E-state index in [4.69, 9.17) is 26.5 Å². The van der Waals surface area contributed by atoms with E-state index in [1.54, 1.807) is 0 Å². The smallest absolute Gasteiger partial charge is 0.328 e. The highest BCUT2D eigenvalue weighted by atomic mass is 16.4. The highest BCUT2D eigenvalue weighted by Gasteiger charge is 2.28. The van der Waals surface area contributed by atoms with Crippen molar-refractivity contribution in [3.8, 4) is 0 Å². The van der Waals surface area contributed by atoms with Gasteiger partial charge in [-0.3, -0.25) is 29.4 Å². The van der Waals surface area contributed by atoms with Crippen LogP contribution in [0.5, 0.6) is 0 Å². The van der Waals surface area contributed by atoms with Crippen LogP contribution in [0.3, 0.4) is 0 Å². The molecule has 0 spiro atoms. The summed E-state index contributed by atoms with van der Waals surface area (Å²) in [5.74, 6) is -3.87. The zero-order valence-electron chi connectivity index (χ0n) is 31.9. The van der Waals surface area contributed by atoms with Crippen molar-refractivity contribution in [1.29, 1.82) is 5.41 Å². The number of amides is 4. The summed E-state index contributed by atoms with van der Waals surface area (Å²) >= 11 is 0. The van der Waals surface area contributed by atoms with E-state index in [1.165, 1.54) is 38.5 Å². The molecule has 0 rings (SSSR count). The zero-order valence-corrected chi connectivity index (χ0v) is 31.9. The van der Waals surface area contributed by atoms with Gasteiger partial charge in [-0.1, -0.05) is 92.4 Å². The first-order valence-electron chi connectivity index (χ1n) is 18.7. The van der Waals surface area contributed by atoms with Gasteiger partial charge in [0.2, 0.25) is 23.6 Å². The Balaban J connectivity index is 4.91. The Labute approximate surface area is 309 Å². The number of carbonyl (C=O) groups is 6. The lowest BCUT2D eigenvalue weighted by atomic mass is 9.90. The Morgan fingerprint density at radius 1 is 0.615 bits per heavy atom. The maximum Gasteiger partial charge on any atom is 0.328 e. The van der Waals surface area contributed by atoms with E-state index >= 15 is 0 Å². The summed E-state index contributed by atoms with van der Waals surface area (Å²) in [5.41, 5.74) is 5.32. The van der Waals surface area contributed by atoms with Crippen molar-refractivity contribution in [2.75, 3.05) is 19.7 Å². The summed E-state index contributed by atoms with van der Waals surface area (Å²) in [4.78, 5) is 73.2. The molecule has 6 atom stereocenters. The van der Waals surface area contributed by atoms with Crippen LogP contribution < -0.4 is 32.3 Å². The highest BCUT2D eigenvalue weighted by molar-refractivity contribution is 5.95. The third-order valence-electron chi connectivity index (χ3n) is 9.02. The molecule has 300 valence electrons. The Kier molecular flexibility index (Phi) is 25.6. The summed E-state index contributed by atoms with van der Waals surface area (Å²) in [5, 5.41) is 46.4. The van der Waals surface area contributed by atoms with E-state index in [-0.39, 0.29) is 31.3 Å². The number of aliphatic hydroxyl groups excluding tert-OH is 1. The molecule has 16 heteroatoms. The monoisotopic (exact) mass is 742 g/mol. The number of carbonyl (C=O) groups excluding carboxylic acids is 4. The molecular weight excluding hydrogens is 674 g/mol. The molecule has 0 saturated carbocycles. The molecule has 6 unspecified atom stereocenters. The van der Waals surface area contributed by atoms with Gasteiger partial charge in [-0.15, -0.1) is 0 Å². The zero-order chi connectivity index (χ0) is 39.6. The molecule has 0 aromatic carbocycles. The van der Waals surface area contributed by atoms with Gasteiger partial charge >= 0.3 is 11.9 Å². The predicted molar refractivity (Wildman–Crippen MR) is 198 cm³/mol. The minimum absolute atomic E-state index is 0.158. The average Bonchev–Trinajstić information content (AvgIpc) is 3.05. The fourth-order valence-electron chi connectivity index (χ4n) is 5.76. The Morgan fingerprint density at radius 2 is 1.13 bits per heavy atom. The number of aliphatic hydroxyl groups is 1. The van der Waals surface area contributed by atoms with E-state index in [9.17, 15) is 28.8 Å². The van der Waals surface area contributed by atoms with Crippen LogP contribution in [0.2, 0.25) is 0 Å². The summed E-state index contributed by atoms with van der Waals surface area (Å²) < 4.78 is 0. The van der Waals surface area contributed by atoms with Gasteiger partial charge in [-0.2, -0.15) is 0 Å². The van der Waals surface area contributed by atoms with Gasteiger partial charge in [0, 0.05) is 13.0 Å². The van der Waals surface area contributed by atoms with Crippen LogP contribution in [0.25, 0.3) is 0 Å². The number of nitrogens with two attached hydrogens (primary N) is 1. The molecule has 0 aromatic heterocycles. The van der Waals surface area contributed by atoms with E-state index in [0.29, 0.717) is 24.7 Å². The first kappa shape index (κ1) is 48.0. The van der Waals surface area contributed by atoms with Gasteiger partial charge in [0.25, 0.3) is 0 Å². The van der Waals surface area contributed by atoms with Crippen molar-refractivity contribution < 1.29 is 44.1 Å². The van der Waals surface area contributed by atoms with Crippen LogP contribution in [0.1, 0.15) is 125 Å². The topological polar surface area (TPSA) is 273 Å². The molecule has 0 heterocycles. The number of guanidine groups is 1. The minimum Gasteiger partial charge on any atom is -0.481 e. The molecule has 11 N–H and O–H groups in total. The van der Waals surface area contributed by atoms with Crippen molar-refractivity contribution in [2.24, 2.45) is 29.4 Å². The van der Waals surface area contributed by atoms with E-state index in [1.807, 2.05) is 5.32 Å². The van der Waals surface area contributed by atoms with Gasteiger partial charge in [0.15, 0.2) is 5.96 Å². The maximum atomic E-state index is 13.0. The quantitative estimate of drug-likeness (QED) is 0.0290. The second kappa shape index (κ2) is 27.7. The van der Waals surface area contributed by atoms with Gasteiger partial charge in [-0.25, -0.2) is 4.79 Å². The van der Waals surface area contributed by atoms with Crippen molar-refractivity contribution in [1.82, 2.24) is 26.6 Å². The normalized spacial score (nSPS) is 14.6. The molecule has 0 aliphatic rings. The first-order chi connectivity index (χ1) is 24.4. The minimum atomic E-state index is -1.72. The first-order valence-corrected chi connectivity index (χ1v) is 18.7. The summed E-state index contributed by atoms with van der Waals surface area (Å²) in [7, 11) is 0. The molecule has 0 bridgehead atoms. The molecule has 0 saturated heterocycles. The van der Waals surface area contributed by atoms with Crippen molar-refractivity contribution >= 4 is 41.5 Å². The number of carboxylic acid groups (broad SMARTS) is 2. The van der Waals surface area contributed by atoms with Gasteiger partial charge in [0.1, 0.15) is 18.1 Å². The van der Waals surface area contributed by atoms with Crippen LogP contribution in [0.4, 0.5) is 0 Å². The number of carboxylic acids is 2. The Hall–Kier alpha value is -3.95. The van der Waals surface area contributed by atoms with Crippen LogP contribution in [-0.4, -0.2) is 94.7 Å². The second-order valence-electron chi connectivity index (χ2n) is 14.7. The lowest BCUT2D eigenvalue weighted by molar-refractivity contribution is -0.144. The number of hydrogen-bond acceptors (Lipinski definition) is 8. The SMILES string of the molecule is CC(C)CCCC(C)CCCC(C)CCCC(C)CCC(=O)NC(CCCNC(=N)N)C(=O)NCC(=O)NC(CC(=O)O)C(=O)NC(CO)C(=O)O.